The second-order valence-corrected chi connectivity index (χ2v) is 4.57. The molecule has 6 nitrogen and oxygen atoms in total. The van der Waals surface area contributed by atoms with E-state index in [0.717, 1.165) is 5.56 Å². The monoisotopic (exact) mass is 295 g/mol. The topological polar surface area (TPSA) is 84.9 Å². The molecule has 6 heteroatoms. The number of amides is 1. The number of hydrogen-bond acceptors (Lipinski definition) is 5. The maximum atomic E-state index is 11.6. The van der Waals surface area contributed by atoms with Crippen LogP contribution in [0.15, 0.2) is 30.3 Å². The molecule has 21 heavy (non-hydrogen) atoms. The van der Waals surface area contributed by atoms with Crippen molar-refractivity contribution in [2.45, 2.75) is 39.0 Å². The Labute approximate surface area is 124 Å². The highest BCUT2D eigenvalue weighted by molar-refractivity contribution is 5.70. The third kappa shape index (κ3) is 6.76. The molecule has 116 valence electrons. The second-order valence-electron chi connectivity index (χ2n) is 4.57. The van der Waals surface area contributed by atoms with Gasteiger partial charge in [0.1, 0.15) is 6.61 Å². The van der Waals surface area contributed by atoms with Crippen molar-refractivity contribution in [3.8, 4) is 0 Å². The van der Waals surface area contributed by atoms with Gasteiger partial charge in [-0.3, -0.25) is 4.79 Å². The molecule has 0 spiro atoms. The zero-order valence-electron chi connectivity index (χ0n) is 12.2. The zero-order valence-corrected chi connectivity index (χ0v) is 12.2. The predicted molar refractivity (Wildman–Crippen MR) is 76.5 cm³/mol. The highest BCUT2D eigenvalue weighted by Gasteiger charge is 2.20. The molecule has 0 aliphatic carbocycles. The maximum Gasteiger partial charge on any atom is 0.407 e. The summed E-state index contributed by atoms with van der Waals surface area (Å²) in [5, 5.41) is 12.3. The first kappa shape index (κ1) is 17.0. The minimum absolute atomic E-state index is 0.146. The average molecular weight is 295 g/mol. The summed E-state index contributed by atoms with van der Waals surface area (Å²) in [7, 11) is 0. The van der Waals surface area contributed by atoms with E-state index in [2.05, 4.69) is 5.32 Å². The Hall–Kier alpha value is -2.08. The standard InChI is InChI=1S/C15H21NO5/c1-3-20-14(18)9-13(17)11(2)16-15(19)21-10-12-7-5-4-6-8-12/h4-8,11,13,17H,3,9-10H2,1-2H3,(H,16,19). The number of hydrogen-bond donors (Lipinski definition) is 2. The number of benzene rings is 1. The first-order valence-corrected chi connectivity index (χ1v) is 6.83. The van der Waals surface area contributed by atoms with Gasteiger partial charge in [0.2, 0.25) is 0 Å². The van der Waals surface area contributed by atoms with Crippen molar-refractivity contribution in [3.05, 3.63) is 35.9 Å². The number of carbonyl (C=O) groups is 2. The molecule has 0 saturated carbocycles. The number of ether oxygens (including phenoxy) is 2. The van der Waals surface area contributed by atoms with Gasteiger partial charge >= 0.3 is 12.1 Å². The zero-order chi connectivity index (χ0) is 15.7. The molecule has 0 aliphatic heterocycles. The summed E-state index contributed by atoms with van der Waals surface area (Å²) in [5.41, 5.74) is 0.868. The minimum atomic E-state index is -1.02. The Bertz CT molecular complexity index is 449. The van der Waals surface area contributed by atoms with E-state index in [1.165, 1.54) is 0 Å². The maximum absolute atomic E-state index is 11.6. The lowest BCUT2D eigenvalue weighted by atomic mass is 10.1. The number of carbonyl (C=O) groups excluding carboxylic acids is 2. The Morgan fingerprint density at radius 2 is 1.90 bits per heavy atom. The van der Waals surface area contributed by atoms with Crippen molar-refractivity contribution < 1.29 is 24.2 Å². The third-order valence-corrected chi connectivity index (χ3v) is 2.82. The number of esters is 1. The first-order chi connectivity index (χ1) is 10.0. The molecule has 2 N–H and O–H groups in total. The lowest BCUT2D eigenvalue weighted by Gasteiger charge is -2.19. The summed E-state index contributed by atoms with van der Waals surface area (Å²) < 4.78 is 9.75. The van der Waals surface area contributed by atoms with Gasteiger partial charge in [-0.1, -0.05) is 30.3 Å². The van der Waals surface area contributed by atoms with Gasteiger partial charge < -0.3 is 19.9 Å². The van der Waals surface area contributed by atoms with Gasteiger partial charge in [0, 0.05) is 0 Å². The lowest BCUT2D eigenvalue weighted by Crippen LogP contribution is -2.42. The van der Waals surface area contributed by atoms with Crippen LogP contribution in [0, 0.1) is 0 Å². The summed E-state index contributed by atoms with van der Waals surface area (Å²) >= 11 is 0. The quantitative estimate of drug-likeness (QED) is 0.747. The smallest absolute Gasteiger partial charge is 0.407 e. The number of aliphatic hydroxyl groups is 1. The minimum Gasteiger partial charge on any atom is -0.466 e. The lowest BCUT2D eigenvalue weighted by molar-refractivity contribution is -0.145. The second kappa shape index (κ2) is 8.97. The van der Waals surface area contributed by atoms with Gasteiger partial charge in [0.05, 0.1) is 25.2 Å². The van der Waals surface area contributed by atoms with E-state index in [9.17, 15) is 14.7 Å². The Morgan fingerprint density at radius 3 is 2.52 bits per heavy atom. The van der Waals surface area contributed by atoms with Crippen LogP contribution in [0.25, 0.3) is 0 Å². The van der Waals surface area contributed by atoms with Crippen LogP contribution in [0.3, 0.4) is 0 Å². The Kier molecular flexibility index (Phi) is 7.25. The van der Waals surface area contributed by atoms with Gasteiger partial charge in [0.15, 0.2) is 0 Å². The molecule has 0 aliphatic rings. The van der Waals surface area contributed by atoms with Gasteiger partial charge in [-0.05, 0) is 19.4 Å². The molecule has 0 bridgehead atoms. The molecule has 0 heterocycles. The van der Waals surface area contributed by atoms with Gasteiger partial charge in [-0.25, -0.2) is 4.79 Å². The molecule has 0 fully saturated rings. The predicted octanol–water partition coefficient (Wildman–Crippen LogP) is 1.62. The van der Waals surface area contributed by atoms with E-state index >= 15 is 0 Å². The van der Waals surface area contributed by atoms with Crippen LogP contribution in [-0.2, 0) is 20.9 Å². The number of alkyl carbamates (subject to hydrolysis) is 1. The molecule has 1 aromatic carbocycles. The summed E-state index contributed by atoms with van der Waals surface area (Å²) in [4.78, 5) is 22.8. The van der Waals surface area contributed by atoms with E-state index in [4.69, 9.17) is 9.47 Å². The molecule has 1 aromatic rings. The van der Waals surface area contributed by atoms with Crippen LogP contribution in [0.2, 0.25) is 0 Å². The molecule has 2 unspecified atom stereocenters. The molecular weight excluding hydrogens is 274 g/mol. The highest BCUT2D eigenvalue weighted by atomic mass is 16.5. The van der Waals surface area contributed by atoms with Gasteiger partial charge in [-0.15, -0.1) is 0 Å². The SMILES string of the molecule is CCOC(=O)CC(O)C(C)NC(=O)OCc1ccccc1. The normalized spacial score (nSPS) is 13.1. The van der Waals surface area contributed by atoms with Crippen molar-refractivity contribution in [3.63, 3.8) is 0 Å². The molecule has 0 saturated heterocycles. The van der Waals surface area contributed by atoms with Crippen LogP contribution >= 0.6 is 0 Å². The van der Waals surface area contributed by atoms with Crippen LogP contribution in [0.5, 0.6) is 0 Å². The Morgan fingerprint density at radius 1 is 1.24 bits per heavy atom. The highest BCUT2D eigenvalue weighted by Crippen LogP contribution is 2.03. The third-order valence-electron chi connectivity index (χ3n) is 2.82. The molecule has 1 amide bonds. The van der Waals surface area contributed by atoms with Crippen molar-refractivity contribution in [2.75, 3.05) is 6.61 Å². The molecular formula is C15H21NO5. The van der Waals surface area contributed by atoms with Crippen LogP contribution < -0.4 is 5.32 Å². The number of aliphatic hydroxyl groups excluding tert-OH is 1. The number of rotatable bonds is 7. The van der Waals surface area contributed by atoms with E-state index in [0.29, 0.717) is 0 Å². The van der Waals surface area contributed by atoms with Crippen LogP contribution in [0.4, 0.5) is 4.79 Å². The van der Waals surface area contributed by atoms with Crippen molar-refractivity contribution in [2.24, 2.45) is 0 Å². The summed E-state index contributed by atoms with van der Waals surface area (Å²) in [6.45, 7) is 3.68. The fourth-order valence-electron chi connectivity index (χ4n) is 1.61. The molecule has 0 aromatic heterocycles. The molecule has 2 atom stereocenters. The average Bonchev–Trinajstić information content (AvgIpc) is 2.46. The fraction of sp³-hybridized carbons (Fsp3) is 0.467. The molecule has 0 radical (unpaired) electrons. The van der Waals surface area contributed by atoms with Crippen molar-refractivity contribution in [1.29, 1.82) is 0 Å². The van der Waals surface area contributed by atoms with Gasteiger partial charge in [-0.2, -0.15) is 0 Å². The van der Waals surface area contributed by atoms with Crippen molar-refractivity contribution >= 4 is 12.1 Å². The van der Waals surface area contributed by atoms with E-state index < -0.39 is 24.2 Å². The van der Waals surface area contributed by atoms with Crippen LogP contribution in [0.1, 0.15) is 25.8 Å². The first-order valence-electron chi connectivity index (χ1n) is 6.83. The summed E-state index contributed by atoms with van der Waals surface area (Å²) in [5.74, 6) is -0.503. The van der Waals surface area contributed by atoms with Crippen molar-refractivity contribution in [1.82, 2.24) is 5.32 Å². The molecule has 1 rings (SSSR count). The number of nitrogens with one attached hydrogen (secondary N) is 1. The largest absolute Gasteiger partial charge is 0.466 e. The van der Waals surface area contributed by atoms with E-state index in [-0.39, 0.29) is 19.6 Å². The van der Waals surface area contributed by atoms with E-state index in [1.807, 2.05) is 30.3 Å². The van der Waals surface area contributed by atoms with E-state index in [1.54, 1.807) is 13.8 Å². The van der Waals surface area contributed by atoms with Crippen LogP contribution in [-0.4, -0.2) is 35.9 Å². The summed E-state index contributed by atoms with van der Waals surface area (Å²) in [6, 6.07) is 8.64. The van der Waals surface area contributed by atoms with Gasteiger partial charge in [0.25, 0.3) is 0 Å². The fourth-order valence-corrected chi connectivity index (χ4v) is 1.61. The summed E-state index contributed by atoms with van der Waals surface area (Å²) in [6.07, 6.45) is -1.84. The Balaban J connectivity index is 2.31.